The number of amides is 3. The number of methoxy groups -OCH3 is 1. The lowest BCUT2D eigenvalue weighted by Gasteiger charge is -2.24. The summed E-state index contributed by atoms with van der Waals surface area (Å²) in [5.41, 5.74) is 0. The van der Waals surface area contributed by atoms with Crippen molar-refractivity contribution in [2.45, 2.75) is 53.2 Å². The topological polar surface area (TPSA) is 75.7 Å². The van der Waals surface area contributed by atoms with E-state index in [0.29, 0.717) is 12.2 Å². The van der Waals surface area contributed by atoms with Gasteiger partial charge in [0.1, 0.15) is 11.8 Å². The monoisotopic (exact) mass is 516 g/mol. The van der Waals surface area contributed by atoms with Gasteiger partial charge in [-0.05, 0) is 19.3 Å². The molecule has 6 nitrogen and oxygen atoms in total. The first-order chi connectivity index (χ1) is 12.7. The number of imide groups is 1. The van der Waals surface area contributed by atoms with Crippen LogP contribution in [0.15, 0.2) is 11.8 Å². The Morgan fingerprint density at radius 2 is 1.71 bits per heavy atom. The molecule has 1 N–H and O–H groups in total. The SMILES string of the molecule is CCC(=O)NC(CCC(Cl)(Cl)Cl)C(=O)N1CC(OC)=CC1=O.CCC(Cl)(Cl)Cl. The summed E-state index contributed by atoms with van der Waals surface area (Å²) in [6.07, 6.45) is 2.16. The molecule has 3 amide bonds. The number of nitrogens with one attached hydrogen (secondary N) is 1. The molecule has 0 aromatic heterocycles. The highest BCUT2D eigenvalue weighted by Crippen LogP contribution is 2.32. The van der Waals surface area contributed by atoms with Crippen LogP contribution in [0.4, 0.5) is 0 Å². The lowest BCUT2D eigenvalue weighted by molar-refractivity contribution is -0.143. The number of carbonyl (C=O) groups excluding carboxylic acids is 3. The van der Waals surface area contributed by atoms with Crippen molar-refractivity contribution in [1.29, 1.82) is 0 Å². The molecule has 0 radical (unpaired) electrons. The van der Waals surface area contributed by atoms with Gasteiger partial charge in [0.15, 0.2) is 7.59 Å². The van der Waals surface area contributed by atoms with Gasteiger partial charge in [-0.2, -0.15) is 0 Å². The number of ether oxygens (including phenoxy) is 1. The average Bonchev–Trinajstić information content (AvgIpc) is 2.97. The molecule has 162 valence electrons. The van der Waals surface area contributed by atoms with Crippen LogP contribution in [0, 0.1) is 0 Å². The smallest absolute Gasteiger partial charge is 0.257 e. The van der Waals surface area contributed by atoms with Crippen LogP contribution < -0.4 is 5.32 Å². The number of carbonyl (C=O) groups is 3. The molecule has 1 aliphatic rings. The molecule has 0 saturated carbocycles. The van der Waals surface area contributed by atoms with Gasteiger partial charge in [-0.15, -0.1) is 0 Å². The molecule has 1 atom stereocenters. The number of hydrogen-bond donors (Lipinski definition) is 1. The van der Waals surface area contributed by atoms with E-state index in [9.17, 15) is 14.4 Å². The normalized spacial score (nSPS) is 15.4. The summed E-state index contributed by atoms with van der Waals surface area (Å²) in [5, 5.41) is 2.55. The molecule has 0 aromatic rings. The summed E-state index contributed by atoms with van der Waals surface area (Å²) in [4.78, 5) is 36.8. The zero-order valence-electron chi connectivity index (χ0n) is 15.5. The van der Waals surface area contributed by atoms with E-state index in [4.69, 9.17) is 74.3 Å². The quantitative estimate of drug-likeness (QED) is 0.517. The maximum absolute atomic E-state index is 12.5. The summed E-state index contributed by atoms with van der Waals surface area (Å²) < 4.78 is 2.37. The van der Waals surface area contributed by atoms with Gasteiger partial charge in [-0.1, -0.05) is 83.5 Å². The van der Waals surface area contributed by atoms with Gasteiger partial charge >= 0.3 is 0 Å². The van der Waals surface area contributed by atoms with Crippen LogP contribution in [0.3, 0.4) is 0 Å². The Morgan fingerprint density at radius 1 is 1.18 bits per heavy atom. The van der Waals surface area contributed by atoms with Crippen molar-refractivity contribution in [2.75, 3.05) is 13.7 Å². The first-order valence-electron chi connectivity index (χ1n) is 8.26. The van der Waals surface area contributed by atoms with E-state index >= 15 is 0 Å². The molecular formula is C16H22Cl6N2O4. The third-order valence-electron chi connectivity index (χ3n) is 3.46. The Morgan fingerprint density at radius 3 is 2.07 bits per heavy atom. The number of rotatable bonds is 6. The number of halogens is 6. The molecule has 1 heterocycles. The van der Waals surface area contributed by atoms with E-state index < -0.39 is 25.4 Å². The number of hydrogen-bond acceptors (Lipinski definition) is 4. The number of nitrogens with zero attached hydrogens (tertiary/aromatic N) is 1. The van der Waals surface area contributed by atoms with Gasteiger partial charge < -0.3 is 10.1 Å². The molecule has 1 aliphatic heterocycles. The van der Waals surface area contributed by atoms with Crippen LogP contribution in [0.2, 0.25) is 0 Å². The third-order valence-corrected chi connectivity index (χ3v) is 4.83. The van der Waals surface area contributed by atoms with Crippen molar-refractivity contribution >= 4 is 87.3 Å². The lowest BCUT2D eigenvalue weighted by atomic mass is 10.1. The summed E-state index contributed by atoms with van der Waals surface area (Å²) in [7, 11) is 1.41. The van der Waals surface area contributed by atoms with Gasteiger partial charge in [0.2, 0.25) is 5.91 Å². The highest BCUT2D eigenvalue weighted by atomic mass is 35.6. The van der Waals surface area contributed by atoms with Crippen molar-refractivity contribution in [3.63, 3.8) is 0 Å². The molecule has 12 heteroatoms. The largest absolute Gasteiger partial charge is 0.499 e. The second-order valence-corrected chi connectivity index (χ2v) is 10.7. The van der Waals surface area contributed by atoms with Crippen molar-refractivity contribution in [3.8, 4) is 0 Å². The van der Waals surface area contributed by atoms with Crippen LogP contribution in [0.25, 0.3) is 0 Å². The van der Waals surface area contributed by atoms with Gasteiger partial charge in [0.05, 0.1) is 13.7 Å². The Hall–Kier alpha value is -0.110. The molecule has 1 unspecified atom stereocenters. The molecule has 28 heavy (non-hydrogen) atoms. The number of alkyl halides is 6. The van der Waals surface area contributed by atoms with Crippen LogP contribution in [-0.4, -0.2) is 49.9 Å². The van der Waals surface area contributed by atoms with E-state index in [1.54, 1.807) is 6.92 Å². The minimum absolute atomic E-state index is 0.0282. The zero-order valence-corrected chi connectivity index (χ0v) is 20.1. The Kier molecular flexibility index (Phi) is 12.5. The Bertz CT molecular complexity index is 587. The maximum atomic E-state index is 12.5. The molecule has 0 aliphatic carbocycles. The van der Waals surface area contributed by atoms with Gasteiger partial charge in [0.25, 0.3) is 11.8 Å². The van der Waals surface area contributed by atoms with Crippen molar-refractivity contribution < 1.29 is 19.1 Å². The molecule has 0 fully saturated rings. The molecular weight excluding hydrogens is 497 g/mol. The van der Waals surface area contributed by atoms with Gasteiger partial charge in [-0.3, -0.25) is 19.3 Å². The predicted molar refractivity (Wildman–Crippen MR) is 114 cm³/mol. The fraction of sp³-hybridized carbons (Fsp3) is 0.688. The van der Waals surface area contributed by atoms with Crippen molar-refractivity contribution in [1.82, 2.24) is 10.2 Å². The molecule has 0 bridgehead atoms. The van der Waals surface area contributed by atoms with Crippen LogP contribution >= 0.6 is 69.6 Å². The van der Waals surface area contributed by atoms with Gasteiger partial charge in [-0.25, -0.2) is 0 Å². The first kappa shape index (κ1) is 27.9. The maximum Gasteiger partial charge on any atom is 0.257 e. The van der Waals surface area contributed by atoms with Crippen molar-refractivity contribution in [2.24, 2.45) is 0 Å². The standard InChI is InChI=1S/C13H17Cl3N2O4.C3H5Cl3/c1-3-10(19)17-9(4-5-13(14,15)16)12(21)18-7-8(22-2)6-11(18)20;1-2-3(4,5)6/h6,9H,3-5,7H2,1-2H3,(H,17,19);2H2,1H3. The second-order valence-electron chi connectivity index (χ2n) is 5.67. The van der Waals surface area contributed by atoms with Crippen LogP contribution in [0.1, 0.15) is 39.5 Å². The Labute approximate surface area is 194 Å². The zero-order chi connectivity index (χ0) is 22.1. The van der Waals surface area contributed by atoms with Crippen molar-refractivity contribution in [3.05, 3.63) is 11.8 Å². The summed E-state index contributed by atoms with van der Waals surface area (Å²) >= 11 is 32.8. The first-order valence-corrected chi connectivity index (χ1v) is 10.5. The fourth-order valence-corrected chi connectivity index (χ4v) is 2.18. The minimum atomic E-state index is -1.54. The van der Waals surface area contributed by atoms with Gasteiger partial charge in [0, 0.05) is 12.5 Å². The Balaban J connectivity index is 0.00000105. The molecule has 0 spiro atoms. The third kappa shape index (κ3) is 11.8. The van der Waals surface area contributed by atoms with E-state index in [1.807, 2.05) is 6.92 Å². The second kappa shape index (κ2) is 12.6. The highest BCUT2D eigenvalue weighted by Gasteiger charge is 2.35. The molecule has 1 rings (SSSR count). The summed E-state index contributed by atoms with van der Waals surface area (Å²) in [6, 6.07) is -0.934. The fourth-order valence-electron chi connectivity index (χ4n) is 1.85. The van der Waals surface area contributed by atoms with E-state index in [1.165, 1.54) is 13.2 Å². The lowest BCUT2D eigenvalue weighted by Crippen LogP contribution is -2.49. The van der Waals surface area contributed by atoms with E-state index in [0.717, 1.165) is 4.90 Å². The van der Waals surface area contributed by atoms with E-state index in [2.05, 4.69) is 5.32 Å². The molecule has 0 saturated heterocycles. The summed E-state index contributed by atoms with van der Waals surface area (Å²) in [6.45, 7) is 3.49. The predicted octanol–water partition coefficient (Wildman–Crippen LogP) is 4.70. The summed E-state index contributed by atoms with van der Waals surface area (Å²) in [5.74, 6) is -0.995. The minimum Gasteiger partial charge on any atom is -0.499 e. The molecule has 0 aromatic carbocycles. The average molecular weight is 519 g/mol. The highest BCUT2D eigenvalue weighted by molar-refractivity contribution is 6.67. The van der Waals surface area contributed by atoms with Crippen LogP contribution in [0.5, 0.6) is 0 Å². The van der Waals surface area contributed by atoms with E-state index in [-0.39, 0.29) is 31.7 Å². The van der Waals surface area contributed by atoms with Crippen LogP contribution in [-0.2, 0) is 19.1 Å².